The summed E-state index contributed by atoms with van der Waals surface area (Å²) in [4.78, 5) is 0. The summed E-state index contributed by atoms with van der Waals surface area (Å²) in [7, 11) is 0. The molecule has 1 N–H and O–H groups in total. The van der Waals surface area contributed by atoms with Crippen LogP contribution in [0, 0.1) is 0 Å². The topological polar surface area (TPSA) is 51.0 Å². The average Bonchev–Trinajstić information content (AvgIpc) is 2.34. The Morgan fingerprint density at radius 3 is 3.22 bits per heavy atom. The van der Waals surface area contributed by atoms with Crippen LogP contribution in [0.1, 0.15) is 13.3 Å². The molecular formula is C5H9N3O. The third-order valence-electron chi connectivity index (χ3n) is 0.886. The van der Waals surface area contributed by atoms with E-state index in [0.717, 1.165) is 13.0 Å². The lowest BCUT2D eigenvalue weighted by atomic mass is 10.5. The van der Waals surface area contributed by atoms with Gasteiger partial charge in [0.2, 0.25) is 6.39 Å². The molecule has 50 valence electrons. The van der Waals surface area contributed by atoms with E-state index in [1.165, 1.54) is 6.39 Å². The van der Waals surface area contributed by atoms with Crippen molar-refractivity contribution >= 4 is 6.01 Å². The summed E-state index contributed by atoms with van der Waals surface area (Å²) < 4.78 is 4.80. The summed E-state index contributed by atoms with van der Waals surface area (Å²) in [5.74, 6) is 0. The lowest BCUT2D eigenvalue weighted by molar-refractivity contribution is 0.565. The Kier molecular flexibility index (Phi) is 2.06. The molecule has 1 heterocycles. The third kappa shape index (κ3) is 1.71. The van der Waals surface area contributed by atoms with Gasteiger partial charge in [-0.2, -0.15) is 0 Å². The summed E-state index contributed by atoms with van der Waals surface area (Å²) in [6.07, 6.45) is 2.36. The van der Waals surface area contributed by atoms with Gasteiger partial charge in [-0.15, -0.1) is 5.10 Å². The normalized spacial score (nSPS) is 9.44. The van der Waals surface area contributed by atoms with Gasteiger partial charge in [0.15, 0.2) is 0 Å². The summed E-state index contributed by atoms with van der Waals surface area (Å²) in [6.45, 7) is 2.95. The van der Waals surface area contributed by atoms with Crippen LogP contribution in [0.4, 0.5) is 6.01 Å². The fourth-order valence-corrected chi connectivity index (χ4v) is 0.482. The second-order valence-corrected chi connectivity index (χ2v) is 1.67. The number of hydrogen-bond donors (Lipinski definition) is 1. The van der Waals surface area contributed by atoms with Crippen molar-refractivity contribution in [3.63, 3.8) is 0 Å². The minimum Gasteiger partial charge on any atom is -0.411 e. The van der Waals surface area contributed by atoms with Gasteiger partial charge in [0.05, 0.1) is 0 Å². The maximum Gasteiger partial charge on any atom is 0.315 e. The highest BCUT2D eigenvalue weighted by atomic mass is 16.4. The van der Waals surface area contributed by atoms with E-state index in [1.54, 1.807) is 0 Å². The number of anilines is 1. The van der Waals surface area contributed by atoms with Crippen LogP contribution >= 0.6 is 0 Å². The van der Waals surface area contributed by atoms with Crippen molar-refractivity contribution < 1.29 is 4.42 Å². The first-order chi connectivity index (χ1) is 4.43. The quantitative estimate of drug-likeness (QED) is 0.655. The van der Waals surface area contributed by atoms with Gasteiger partial charge in [-0.05, 0) is 6.42 Å². The highest BCUT2D eigenvalue weighted by Gasteiger charge is 1.91. The predicted molar refractivity (Wildman–Crippen MR) is 33.1 cm³/mol. The van der Waals surface area contributed by atoms with E-state index in [0.29, 0.717) is 6.01 Å². The van der Waals surface area contributed by atoms with Gasteiger partial charge in [-0.25, -0.2) is 0 Å². The van der Waals surface area contributed by atoms with Crippen LogP contribution in [0.2, 0.25) is 0 Å². The summed E-state index contributed by atoms with van der Waals surface area (Å²) in [6, 6.07) is 0.497. The van der Waals surface area contributed by atoms with Crippen LogP contribution < -0.4 is 5.32 Å². The Hall–Kier alpha value is -1.06. The smallest absolute Gasteiger partial charge is 0.315 e. The highest BCUT2D eigenvalue weighted by Crippen LogP contribution is 1.96. The van der Waals surface area contributed by atoms with E-state index < -0.39 is 0 Å². The van der Waals surface area contributed by atoms with Gasteiger partial charge in [0, 0.05) is 6.54 Å². The Labute approximate surface area is 53.3 Å². The Morgan fingerprint density at radius 2 is 2.67 bits per heavy atom. The molecule has 0 spiro atoms. The van der Waals surface area contributed by atoms with Crippen molar-refractivity contribution in [2.45, 2.75) is 13.3 Å². The average molecular weight is 127 g/mol. The molecule has 0 aliphatic carbocycles. The van der Waals surface area contributed by atoms with Crippen LogP contribution in [0.25, 0.3) is 0 Å². The molecule has 0 bridgehead atoms. The molecule has 1 rings (SSSR count). The zero-order valence-electron chi connectivity index (χ0n) is 5.29. The second-order valence-electron chi connectivity index (χ2n) is 1.67. The maximum atomic E-state index is 4.80. The van der Waals surface area contributed by atoms with Crippen molar-refractivity contribution in [3.8, 4) is 0 Å². The van der Waals surface area contributed by atoms with Crippen molar-refractivity contribution in [1.29, 1.82) is 0 Å². The number of rotatable bonds is 3. The molecule has 0 unspecified atom stereocenters. The summed E-state index contributed by atoms with van der Waals surface area (Å²) in [5, 5.41) is 10.1. The van der Waals surface area contributed by atoms with Crippen molar-refractivity contribution in [3.05, 3.63) is 6.39 Å². The van der Waals surface area contributed by atoms with E-state index in [4.69, 9.17) is 4.42 Å². The van der Waals surface area contributed by atoms with Gasteiger partial charge in [-0.3, -0.25) is 0 Å². The molecule has 1 aromatic heterocycles. The fourth-order valence-electron chi connectivity index (χ4n) is 0.482. The number of hydrogen-bond acceptors (Lipinski definition) is 4. The van der Waals surface area contributed by atoms with E-state index in [-0.39, 0.29) is 0 Å². The molecule has 0 aliphatic rings. The number of nitrogens with one attached hydrogen (secondary N) is 1. The first-order valence-corrected chi connectivity index (χ1v) is 2.93. The Morgan fingerprint density at radius 1 is 1.78 bits per heavy atom. The molecule has 0 aliphatic heterocycles. The fraction of sp³-hybridized carbons (Fsp3) is 0.600. The van der Waals surface area contributed by atoms with Gasteiger partial charge in [0.25, 0.3) is 0 Å². The molecule has 0 saturated heterocycles. The van der Waals surface area contributed by atoms with Crippen LogP contribution in [-0.2, 0) is 0 Å². The highest BCUT2D eigenvalue weighted by molar-refractivity contribution is 5.14. The number of aromatic nitrogens is 2. The van der Waals surface area contributed by atoms with Gasteiger partial charge in [0.1, 0.15) is 0 Å². The van der Waals surface area contributed by atoms with E-state index in [2.05, 4.69) is 22.4 Å². The zero-order valence-corrected chi connectivity index (χ0v) is 5.29. The Bertz CT molecular complexity index is 149. The molecule has 4 nitrogen and oxygen atoms in total. The van der Waals surface area contributed by atoms with E-state index in [9.17, 15) is 0 Å². The van der Waals surface area contributed by atoms with Crippen LogP contribution in [0.15, 0.2) is 10.8 Å². The molecule has 0 saturated carbocycles. The molecule has 0 amide bonds. The standard InChI is InChI=1S/C5H9N3O/c1-2-3-6-5-8-7-4-9-5/h4H,2-3H2,1H3,(H,6,8). The summed E-state index contributed by atoms with van der Waals surface area (Å²) >= 11 is 0. The minimum atomic E-state index is 0.497. The van der Waals surface area contributed by atoms with Crippen LogP contribution in [0.5, 0.6) is 0 Å². The molecule has 0 radical (unpaired) electrons. The molecule has 4 heteroatoms. The predicted octanol–water partition coefficient (Wildman–Crippen LogP) is 0.891. The largest absolute Gasteiger partial charge is 0.411 e. The van der Waals surface area contributed by atoms with E-state index in [1.807, 2.05) is 0 Å². The molecule has 0 fully saturated rings. The van der Waals surface area contributed by atoms with Crippen molar-refractivity contribution in [2.24, 2.45) is 0 Å². The minimum absolute atomic E-state index is 0.497. The third-order valence-corrected chi connectivity index (χ3v) is 0.886. The molecule has 9 heavy (non-hydrogen) atoms. The second kappa shape index (κ2) is 3.06. The van der Waals surface area contributed by atoms with Crippen LogP contribution in [-0.4, -0.2) is 16.7 Å². The van der Waals surface area contributed by atoms with Crippen LogP contribution in [0.3, 0.4) is 0 Å². The van der Waals surface area contributed by atoms with Gasteiger partial charge >= 0.3 is 6.01 Å². The number of nitrogens with zero attached hydrogens (tertiary/aromatic N) is 2. The van der Waals surface area contributed by atoms with Gasteiger partial charge < -0.3 is 9.73 Å². The first kappa shape index (κ1) is 6.07. The van der Waals surface area contributed by atoms with Gasteiger partial charge in [-0.1, -0.05) is 12.0 Å². The lowest BCUT2D eigenvalue weighted by Gasteiger charge is -1.93. The zero-order chi connectivity index (χ0) is 6.53. The van der Waals surface area contributed by atoms with Crippen molar-refractivity contribution in [1.82, 2.24) is 10.2 Å². The van der Waals surface area contributed by atoms with E-state index >= 15 is 0 Å². The molecule has 0 atom stereocenters. The molecular weight excluding hydrogens is 118 g/mol. The lowest BCUT2D eigenvalue weighted by Crippen LogP contribution is -1.99. The van der Waals surface area contributed by atoms with Crippen molar-refractivity contribution in [2.75, 3.05) is 11.9 Å². The Balaban J connectivity index is 2.30. The summed E-state index contributed by atoms with van der Waals surface area (Å²) in [5.41, 5.74) is 0. The first-order valence-electron chi connectivity index (χ1n) is 2.93. The monoisotopic (exact) mass is 127 g/mol. The molecule has 0 aromatic carbocycles. The maximum absolute atomic E-state index is 4.80. The SMILES string of the molecule is CCCNc1nnco1. The molecule has 1 aromatic rings.